The molecule has 0 bridgehead atoms. The zero-order valence-corrected chi connectivity index (χ0v) is 16.2. The summed E-state index contributed by atoms with van der Waals surface area (Å²) in [4.78, 5) is 20.5. The third-order valence-electron chi connectivity index (χ3n) is 3.71. The van der Waals surface area contributed by atoms with Crippen LogP contribution in [0.4, 0.5) is 0 Å². The number of ether oxygens (including phenoxy) is 1. The van der Waals surface area contributed by atoms with Crippen molar-refractivity contribution in [3.8, 4) is 11.4 Å². The van der Waals surface area contributed by atoms with E-state index in [-0.39, 0.29) is 23.3 Å². The van der Waals surface area contributed by atoms with Gasteiger partial charge < -0.3 is 4.74 Å². The van der Waals surface area contributed by atoms with Gasteiger partial charge in [0.2, 0.25) is 5.88 Å². The van der Waals surface area contributed by atoms with Crippen molar-refractivity contribution >= 4 is 34.8 Å². The maximum atomic E-state index is 11.2. The maximum Gasteiger partial charge on any atom is 0.301 e. The second kappa shape index (κ2) is 8.77. The lowest BCUT2D eigenvalue weighted by molar-refractivity contribution is -0.731. The Morgan fingerprint density at radius 1 is 1.21 bits per heavy atom. The Labute approximate surface area is 170 Å². The largest absolute Gasteiger partial charge is 0.489 e. The number of aromatic nitrogens is 2. The van der Waals surface area contributed by atoms with E-state index in [2.05, 4.69) is 4.98 Å². The van der Waals surface area contributed by atoms with Gasteiger partial charge in [-0.3, -0.25) is 9.40 Å². The Morgan fingerprint density at radius 3 is 2.61 bits per heavy atom. The van der Waals surface area contributed by atoms with E-state index < -0.39 is 5.09 Å². The molecule has 0 unspecified atom stereocenters. The van der Waals surface area contributed by atoms with Crippen LogP contribution in [0.1, 0.15) is 12.5 Å². The van der Waals surface area contributed by atoms with E-state index in [0.29, 0.717) is 16.4 Å². The number of hydrogen-bond acceptors (Lipinski definition) is 5. The van der Waals surface area contributed by atoms with E-state index in [1.807, 2.05) is 30.3 Å². The molecule has 1 heterocycles. The number of rotatable bonds is 7. The summed E-state index contributed by atoms with van der Waals surface area (Å²) in [6.07, 6.45) is 3.06. The first kappa shape index (κ1) is 19.7. The minimum Gasteiger partial charge on any atom is -0.489 e. The predicted molar refractivity (Wildman–Crippen MR) is 107 cm³/mol. The molecule has 28 heavy (non-hydrogen) atoms. The lowest BCUT2D eigenvalue weighted by Crippen LogP contribution is -2.12. The number of halogens is 2. The third-order valence-corrected chi connectivity index (χ3v) is 4.26. The van der Waals surface area contributed by atoms with Crippen LogP contribution in [0.15, 0.2) is 60.9 Å². The van der Waals surface area contributed by atoms with Gasteiger partial charge in [-0.15, -0.1) is 10.1 Å². The van der Waals surface area contributed by atoms with E-state index in [1.54, 1.807) is 25.3 Å². The summed E-state index contributed by atoms with van der Waals surface area (Å²) in [5, 5.41) is 11.0. The molecule has 1 aromatic heterocycles. The molecule has 0 aliphatic rings. The van der Waals surface area contributed by atoms with E-state index >= 15 is 0 Å². The number of hydrogen-bond donors (Lipinski definition) is 0. The van der Waals surface area contributed by atoms with Gasteiger partial charge in [-0.25, -0.2) is 4.98 Å². The van der Waals surface area contributed by atoms with Gasteiger partial charge in [0.25, 0.3) is 0 Å². The molecular weight excluding hydrogens is 405 g/mol. The minimum atomic E-state index is -0.910. The van der Waals surface area contributed by atoms with Crippen molar-refractivity contribution in [2.24, 2.45) is 0 Å². The van der Waals surface area contributed by atoms with Crippen molar-refractivity contribution in [3.05, 3.63) is 86.6 Å². The highest BCUT2D eigenvalue weighted by molar-refractivity contribution is 6.35. The Bertz CT molecular complexity index is 1020. The fourth-order valence-electron chi connectivity index (χ4n) is 2.61. The molecule has 0 N–H and O–H groups in total. The minimum absolute atomic E-state index is 0.0936. The summed E-state index contributed by atoms with van der Waals surface area (Å²) in [7, 11) is 0. The van der Waals surface area contributed by atoms with Gasteiger partial charge >= 0.3 is 5.09 Å². The van der Waals surface area contributed by atoms with E-state index in [4.69, 9.17) is 32.8 Å². The summed E-state index contributed by atoms with van der Waals surface area (Å²) in [6.45, 7) is 1.98. The zero-order valence-electron chi connectivity index (χ0n) is 14.7. The molecule has 0 saturated heterocycles. The van der Waals surface area contributed by atoms with E-state index in [9.17, 15) is 10.1 Å². The molecule has 0 amide bonds. The molecule has 7 nitrogen and oxygen atoms in total. The molecule has 144 valence electrons. The van der Waals surface area contributed by atoms with Gasteiger partial charge in [0.15, 0.2) is 5.76 Å². The summed E-state index contributed by atoms with van der Waals surface area (Å²) in [5.74, 6) is 0.364. The molecule has 9 heteroatoms. The molecular formula is C19H15Cl2N3O4. The van der Waals surface area contributed by atoms with Crippen LogP contribution >= 0.6 is 23.2 Å². The van der Waals surface area contributed by atoms with E-state index in [1.165, 1.54) is 16.8 Å². The topological polar surface area (TPSA) is 79.4 Å². The van der Waals surface area contributed by atoms with Gasteiger partial charge in [0, 0.05) is 28.5 Å². The van der Waals surface area contributed by atoms with Crippen molar-refractivity contribution in [2.45, 2.75) is 6.92 Å². The molecule has 3 aromatic rings. The highest BCUT2D eigenvalue weighted by atomic mass is 35.5. The molecule has 0 radical (unpaired) electrons. The maximum absolute atomic E-state index is 11.2. The molecule has 2 aromatic carbocycles. The Morgan fingerprint density at radius 2 is 1.96 bits per heavy atom. The van der Waals surface area contributed by atoms with Crippen molar-refractivity contribution in [2.75, 3.05) is 6.61 Å². The first-order valence-corrected chi connectivity index (χ1v) is 9.00. The van der Waals surface area contributed by atoms with Gasteiger partial charge in [-0.2, -0.15) is 0 Å². The van der Waals surface area contributed by atoms with Crippen LogP contribution in [0, 0.1) is 10.1 Å². The van der Waals surface area contributed by atoms with Gasteiger partial charge in [-0.1, -0.05) is 53.5 Å². The average Bonchev–Trinajstić information content (AvgIpc) is 3.15. The SMILES string of the molecule is CCO/C(=C(/O[N+](=O)[O-])n1ccnc1-c1ccccc1)c1ccc(Cl)cc1Cl. The highest BCUT2D eigenvalue weighted by Gasteiger charge is 2.22. The zero-order chi connectivity index (χ0) is 20.1. The Kier molecular flexibility index (Phi) is 6.18. The summed E-state index contributed by atoms with van der Waals surface area (Å²) in [5.41, 5.74) is 1.15. The van der Waals surface area contributed by atoms with Crippen LogP contribution in [0.5, 0.6) is 0 Å². The van der Waals surface area contributed by atoms with Crippen molar-refractivity contribution < 1.29 is 14.7 Å². The number of nitrogens with zero attached hydrogens (tertiary/aromatic N) is 3. The second-order valence-corrected chi connectivity index (χ2v) is 6.34. The summed E-state index contributed by atoms with van der Waals surface area (Å²) in [6, 6.07) is 13.9. The summed E-state index contributed by atoms with van der Waals surface area (Å²) < 4.78 is 7.14. The molecule has 3 rings (SSSR count). The summed E-state index contributed by atoms with van der Waals surface area (Å²) >= 11 is 12.3. The standard InChI is InChI=1S/C19H15Cl2N3O4/c1-2-27-17(15-9-8-14(20)12-16(15)21)19(28-24(25)26)23-11-10-22-18(23)13-6-4-3-5-7-13/h3-12H,2H2,1H3/b19-17+. The van der Waals surface area contributed by atoms with Crippen molar-refractivity contribution in [1.29, 1.82) is 0 Å². The second-order valence-electron chi connectivity index (χ2n) is 5.49. The third kappa shape index (κ3) is 4.27. The highest BCUT2D eigenvalue weighted by Crippen LogP contribution is 2.33. The quantitative estimate of drug-likeness (QED) is 0.291. The first-order chi connectivity index (χ1) is 13.5. The van der Waals surface area contributed by atoms with Crippen LogP contribution < -0.4 is 0 Å². The monoisotopic (exact) mass is 419 g/mol. The Balaban J connectivity index is 2.26. The lowest BCUT2D eigenvalue weighted by Gasteiger charge is -2.17. The molecule has 0 saturated carbocycles. The van der Waals surface area contributed by atoms with Crippen LogP contribution in [0.25, 0.3) is 23.0 Å². The van der Waals surface area contributed by atoms with Crippen molar-refractivity contribution in [1.82, 2.24) is 9.55 Å². The predicted octanol–water partition coefficient (Wildman–Crippen LogP) is 5.39. The molecule has 0 aliphatic carbocycles. The number of imidazole rings is 1. The van der Waals surface area contributed by atoms with Gasteiger partial charge in [-0.05, 0) is 25.1 Å². The average molecular weight is 420 g/mol. The van der Waals surface area contributed by atoms with Gasteiger partial charge in [0.05, 0.1) is 11.6 Å². The fourth-order valence-corrected chi connectivity index (χ4v) is 3.10. The van der Waals surface area contributed by atoms with Crippen LogP contribution in [0.2, 0.25) is 10.0 Å². The molecule has 0 spiro atoms. The smallest absolute Gasteiger partial charge is 0.301 e. The lowest BCUT2D eigenvalue weighted by atomic mass is 10.1. The van der Waals surface area contributed by atoms with Crippen LogP contribution in [-0.2, 0) is 9.57 Å². The van der Waals surface area contributed by atoms with Crippen LogP contribution in [0.3, 0.4) is 0 Å². The van der Waals surface area contributed by atoms with Gasteiger partial charge in [0.1, 0.15) is 5.82 Å². The van der Waals surface area contributed by atoms with Crippen LogP contribution in [-0.4, -0.2) is 21.2 Å². The molecule has 0 fully saturated rings. The molecule has 0 aliphatic heterocycles. The van der Waals surface area contributed by atoms with E-state index in [0.717, 1.165) is 5.56 Å². The normalized spacial score (nSPS) is 11.7. The molecule has 0 atom stereocenters. The first-order valence-electron chi connectivity index (χ1n) is 8.25. The fraction of sp³-hybridized carbons (Fsp3) is 0.105. The van der Waals surface area contributed by atoms with Crippen molar-refractivity contribution in [3.63, 3.8) is 0 Å². The number of benzene rings is 2. The Hall–Kier alpha value is -3.03.